The summed E-state index contributed by atoms with van der Waals surface area (Å²) in [4.78, 5) is 22.1. The van der Waals surface area contributed by atoms with Gasteiger partial charge < -0.3 is 16.4 Å². The van der Waals surface area contributed by atoms with Crippen LogP contribution in [-0.2, 0) is 4.79 Å². The van der Waals surface area contributed by atoms with Gasteiger partial charge in [0.05, 0.1) is 0 Å². The van der Waals surface area contributed by atoms with Crippen LogP contribution in [0.15, 0.2) is 23.3 Å². The van der Waals surface area contributed by atoms with E-state index in [4.69, 9.17) is 5.73 Å². The van der Waals surface area contributed by atoms with Gasteiger partial charge in [0.15, 0.2) is 0 Å². The molecule has 0 saturated carbocycles. The second-order valence-corrected chi connectivity index (χ2v) is 5.85. The zero-order chi connectivity index (χ0) is 15.2. The van der Waals surface area contributed by atoms with Crippen LogP contribution in [-0.4, -0.2) is 25.0 Å². The molecule has 3 amide bonds. The first-order valence-corrected chi connectivity index (χ1v) is 7.02. The highest BCUT2D eigenvalue weighted by Gasteiger charge is 2.26. The molecule has 0 heterocycles. The number of hydrogen-bond acceptors (Lipinski definition) is 2. The molecule has 0 saturated heterocycles. The van der Waals surface area contributed by atoms with Gasteiger partial charge in [0.1, 0.15) is 0 Å². The minimum absolute atomic E-state index is 0.132. The first-order valence-electron chi connectivity index (χ1n) is 7.02. The van der Waals surface area contributed by atoms with E-state index in [0.717, 1.165) is 12.8 Å². The summed E-state index contributed by atoms with van der Waals surface area (Å²) in [6.07, 6.45) is 6.95. The molecular formula is C15H25N3O2. The Labute approximate surface area is 120 Å². The highest BCUT2D eigenvalue weighted by molar-refractivity contribution is 5.88. The number of amides is 3. The van der Waals surface area contributed by atoms with Crippen molar-refractivity contribution in [2.75, 3.05) is 13.1 Å². The Morgan fingerprint density at radius 2 is 1.95 bits per heavy atom. The van der Waals surface area contributed by atoms with Crippen molar-refractivity contribution in [3.63, 3.8) is 0 Å². The van der Waals surface area contributed by atoms with E-state index in [1.807, 2.05) is 6.08 Å². The van der Waals surface area contributed by atoms with Gasteiger partial charge >= 0.3 is 6.03 Å². The van der Waals surface area contributed by atoms with Crippen LogP contribution in [0.1, 0.15) is 40.0 Å². The lowest BCUT2D eigenvalue weighted by Gasteiger charge is -2.32. The van der Waals surface area contributed by atoms with E-state index in [1.165, 1.54) is 17.6 Å². The smallest absolute Gasteiger partial charge is 0.312 e. The van der Waals surface area contributed by atoms with E-state index in [0.29, 0.717) is 13.1 Å². The van der Waals surface area contributed by atoms with Gasteiger partial charge in [-0.15, -0.1) is 0 Å². The largest absolute Gasteiger partial charge is 0.352 e. The Balaban J connectivity index is 2.50. The normalized spacial score (nSPS) is 18.1. The van der Waals surface area contributed by atoms with E-state index in [2.05, 4.69) is 31.4 Å². The maximum absolute atomic E-state index is 11.7. The minimum atomic E-state index is -0.584. The molecule has 5 heteroatoms. The van der Waals surface area contributed by atoms with E-state index in [9.17, 15) is 9.59 Å². The van der Waals surface area contributed by atoms with Crippen molar-refractivity contribution in [3.8, 4) is 0 Å². The van der Waals surface area contributed by atoms with Crippen molar-refractivity contribution in [2.24, 2.45) is 11.1 Å². The fourth-order valence-corrected chi connectivity index (χ4v) is 2.60. The molecule has 0 spiro atoms. The average molecular weight is 279 g/mol. The average Bonchev–Trinajstić information content (AvgIpc) is 2.33. The summed E-state index contributed by atoms with van der Waals surface area (Å²) in [6.45, 7) is 7.26. The molecule has 0 bridgehead atoms. The predicted molar refractivity (Wildman–Crippen MR) is 80.1 cm³/mol. The van der Waals surface area contributed by atoms with Gasteiger partial charge in [-0.1, -0.05) is 25.5 Å². The summed E-state index contributed by atoms with van der Waals surface area (Å²) < 4.78 is 0. The number of allylic oxidation sites excluding steroid dienone is 3. The molecule has 0 fully saturated rings. The van der Waals surface area contributed by atoms with Crippen LogP contribution in [0.2, 0.25) is 0 Å². The number of hydrogen-bond donors (Lipinski definition) is 3. The molecule has 0 atom stereocenters. The molecule has 0 aromatic heterocycles. The second-order valence-electron chi connectivity index (χ2n) is 5.85. The number of nitrogens with two attached hydrogens (primary N) is 1. The van der Waals surface area contributed by atoms with Crippen LogP contribution in [0, 0.1) is 5.41 Å². The van der Waals surface area contributed by atoms with Gasteiger partial charge in [-0.3, -0.25) is 4.79 Å². The van der Waals surface area contributed by atoms with E-state index >= 15 is 0 Å². The topological polar surface area (TPSA) is 84.2 Å². The number of nitrogens with one attached hydrogen (secondary N) is 2. The van der Waals surface area contributed by atoms with Gasteiger partial charge in [-0.05, 0) is 37.2 Å². The summed E-state index contributed by atoms with van der Waals surface area (Å²) in [5.74, 6) is -0.155. The van der Waals surface area contributed by atoms with Crippen LogP contribution in [0.4, 0.5) is 4.79 Å². The third-order valence-electron chi connectivity index (χ3n) is 3.67. The Hall–Kier alpha value is -1.78. The van der Waals surface area contributed by atoms with Crippen molar-refractivity contribution < 1.29 is 9.59 Å². The maximum atomic E-state index is 11.7. The van der Waals surface area contributed by atoms with E-state index < -0.39 is 6.03 Å². The molecule has 1 aliphatic rings. The summed E-state index contributed by atoms with van der Waals surface area (Å²) >= 11 is 0. The Kier molecular flexibility index (Phi) is 5.80. The Bertz CT molecular complexity index is 436. The number of carbonyl (C=O) groups excluding carboxylic acids is 2. The van der Waals surface area contributed by atoms with Crippen LogP contribution < -0.4 is 16.4 Å². The SMILES string of the molecule is CC1=C(/C=C/C(=O)NCCNC(N)=O)C(C)(C)CCC1. The number of carbonyl (C=O) groups is 2. The second kappa shape index (κ2) is 7.12. The molecule has 0 aromatic rings. The monoisotopic (exact) mass is 279 g/mol. The summed E-state index contributed by atoms with van der Waals surface area (Å²) in [6, 6.07) is -0.584. The predicted octanol–water partition coefficient (Wildman–Crippen LogP) is 1.85. The molecule has 20 heavy (non-hydrogen) atoms. The van der Waals surface area contributed by atoms with Gasteiger partial charge in [0.25, 0.3) is 0 Å². The van der Waals surface area contributed by atoms with Crippen molar-refractivity contribution in [1.82, 2.24) is 10.6 Å². The molecule has 1 aliphatic carbocycles. The number of primary amides is 1. The number of urea groups is 1. The third kappa shape index (κ3) is 5.07. The van der Waals surface area contributed by atoms with Gasteiger partial charge in [0.2, 0.25) is 5.91 Å². The molecule has 0 aromatic carbocycles. The molecule has 0 aliphatic heterocycles. The van der Waals surface area contributed by atoms with Crippen LogP contribution in [0.5, 0.6) is 0 Å². The molecule has 5 nitrogen and oxygen atoms in total. The first-order chi connectivity index (χ1) is 9.33. The first kappa shape index (κ1) is 16.3. The number of rotatable bonds is 5. The molecular weight excluding hydrogens is 254 g/mol. The molecule has 1 rings (SSSR count). The Morgan fingerprint density at radius 1 is 1.30 bits per heavy atom. The van der Waals surface area contributed by atoms with Crippen LogP contribution in [0.3, 0.4) is 0 Å². The fraction of sp³-hybridized carbons (Fsp3) is 0.600. The van der Waals surface area contributed by atoms with E-state index in [1.54, 1.807) is 6.08 Å². The summed E-state index contributed by atoms with van der Waals surface area (Å²) in [7, 11) is 0. The molecule has 112 valence electrons. The fourth-order valence-electron chi connectivity index (χ4n) is 2.60. The minimum Gasteiger partial charge on any atom is -0.352 e. The lowest BCUT2D eigenvalue weighted by Crippen LogP contribution is -2.36. The van der Waals surface area contributed by atoms with Crippen molar-refractivity contribution >= 4 is 11.9 Å². The Morgan fingerprint density at radius 3 is 2.55 bits per heavy atom. The van der Waals surface area contributed by atoms with E-state index in [-0.39, 0.29) is 11.3 Å². The zero-order valence-electron chi connectivity index (χ0n) is 12.6. The van der Waals surface area contributed by atoms with Gasteiger partial charge in [-0.2, -0.15) is 0 Å². The van der Waals surface area contributed by atoms with Crippen LogP contribution >= 0.6 is 0 Å². The lowest BCUT2D eigenvalue weighted by atomic mass is 9.72. The molecule has 0 unspecified atom stereocenters. The van der Waals surface area contributed by atoms with Crippen LogP contribution in [0.25, 0.3) is 0 Å². The standard InChI is InChI=1S/C15H25N3O2/c1-11-5-4-8-15(2,3)12(11)6-7-13(19)17-9-10-18-14(16)20/h6-7H,4-5,8-10H2,1-3H3,(H,17,19)(H3,16,18,20)/b7-6+. The zero-order valence-corrected chi connectivity index (χ0v) is 12.6. The highest BCUT2D eigenvalue weighted by Crippen LogP contribution is 2.40. The summed E-state index contributed by atoms with van der Waals surface area (Å²) in [5, 5.41) is 5.12. The summed E-state index contributed by atoms with van der Waals surface area (Å²) in [5.41, 5.74) is 7.68. The van der Waals surface area contributed by atoms with Gasteiger partial charge in [0, 0.05) is 19.2 Å². The third-order valence-corrected chi connectivity index (χ3v) is 3.67. The molecule has 4 N–H and O–H groups in total. The van der Waals surface area contributed by atoms with Crippen molar-refractivity contribution in [2.45, 2.75) is 40.0 Å². The highest BCUT2D eigenvalue weighted by atomic mass is 16.2. The van der Waals surface area contributed by atoms with Crippen molar-refractivity contribution in [3.05, 3.63) is 23.3 Å². The maximum Gasteiger partial charge on any atom is 0.312 e. The van der Waals surface area contributed by atoms with Gasteiger partial charge in [-0.25, -0.2) is 4.79 Å². The molecule has 0 radical (unpaired) electrons. The lowest BCUT2D eigenvalue weighted by molar-refractivity contribution is -0.116. The van der Waals surface area contributed by atoms with Crippen molar-refractivity contribution in [1.29, 1.82) is 0 Å². The quantitative estimate of drug-likeness (QED) is 0.530.